The Morgan fingerprint density at radius 2 is 2.22 bits per heavy atom. The third kappa shape index (κ3) is 4.32. The van der Waals surface area contributed by atoms with Gasteiger partial charge in [0.1, 0.15) is 0 Å². The van der Waals surface area contributed by atoms with Gasteiger partial charge in [0.15, 0.2) is 0 Å². The quantitative estimate of drug-likeness (QED) is 0.633. The van der Waals surface area contributed by atoms with Crippen molar-refractivity contribution in [2.24, 2.45) is 11.7 Å². The molecule has 0 saturated heterocycles. The zero-order valence-corrected chi connectivity index (χ0v) is 11.1. The second-order valence-electron chi connectivity index (χ2n) is 5.31. The maximum absolute atomic E-state index is 11.6. The lowest BCUT2D eigenvalue weighted by Gasteiger charge is -2.36. The molecule has 0 radical (unpaired) electrons. The third-order valence-corrected chi connectivity index (χ3v) is 3.88. The van der Waals surface area contributed by atoms with E-state index in [4.69, 9.17) is 12.2 Å². The fourth-order valence-corrected chi connectivity index (χ4v) is 2.40. The van der Waals surface area contributed by atoms with Gasteiger partial charge in [-0.15, -0.1) is 12.3 Å². The lowest BCUT2D eigenvalue weighted by atomic mass is 9.78. The van der Waals surface area contributed by atoms with Crippen molar-refractivity contribution >= 4 is 5.91 Å². The first-order chi connectivity index (χ1) is 8.50. The molecule has 0 aromatic carbocycles. The van der Waals surface area contributed by atoms with E-state index in [1.54, 1.807) is 0 Å². The Morgan fingerprint density at radius 3 is 2.72 bits per heavy atom. The number of nitrogens with two attached hydrogens (primary N) is 1. The van der Waals surface area contributed by atoms with Gasteiger partial charge in [-0.3, -0.25) is 4.79 Å². The molecule has 4 N–H and O–H groups in total. The molecule has 1 aliphatic carbocycles. The summed E-state index contributed by atoms with van der Waals surface area (Å²) in [5.74, 6) is 2.79. The van der Waals surface area contributed by atoms with Crippen molar-refractivity contribution in [3.63, 3.8) is 0 Å². The Hall–Kier alpha value is -1.05. The zero-order valence-electron chi connectivity index (χ0n) is 11.1. The van der Waals surface area contributed by atoms with E-state index in [0.29, 0.717) is 5.92 Å². The van der Waals surface area contributed by atoms with E-state index in [1.165, 1.54) is 0 Å². The summed E-state index contributed by atoms with van der Waals surface area (Å²) >= 11 is 0. The highest BCUT2D eigenvalue weighted by atomic mass is 16.3. The normalized spacial score (nSPS) is 29.3. The molecule has 1 rings (SSSR count). The summed E-state index contributed by atoms with van der Waals surface area (Å²) in [5.41, 5.74) is 4.83. The molecule has 0 aromatic rings. The molecular formula is C14H24N2O2. The average Bonchev–Trinajstić information content (AvgIpc) is 2.37. The van der Waals surface area contributed by atoms with Gasteiger partial charge in [0.05, 0.1) is 11.6 Å². The minimum Gasteiger partial charge on any atom is -0.388 e. The Labute approximate surface area is 109 Å². The van der Waals surface area contributed by atoms with Crippen molar-refractivity contribution in [3.05, 3.63) is 0 Å². The molecule has 4 heteroatoms. The average molecular weight is 252 g/mol. The maximum atomic E-state index is 11.6. The van der Waals surface area contributed by atoms with Crippen LogP contribution in [0.1, 0.15) is 45.4 Å². The fraction of sp³-hybridized carbons (Fsp3) is 0.786. The zero-order chi connectivity index (χ0) is 13.6. The molecule has 1 fully saturated rings. The van der Waals surface area contributed by atoms with Crippen LogP contribution in [-0.2, 0) is 4.79 Å². The molecule has 0 aromatic heterocycles. The Balaban J connectivity index is 2.35. The van der Waals surface area contributed by atoms with E-state index >= 15 is 0 Å². The van der Waals surface area contributed by atoms with Crippen LogP contribution in [0.3, 0.4) is 0 Å². The fourth-order valence-electron chi connectivity index (χ4n) is 2.40. The monoisotopic (exact) mass is 252 g/mol. The second-order valence-corrected chi connectivity index (χ2v) is 5.31. The van der Waals surface area contributed by atoms with Crippen LogP contribution in [0.25, 0.3) is 0 Å². The summed E-state index contributed by atoms with van der Waals surface area (Å²) in [4.78, 5) is 11.6. The number of hydrogen-bond donors (Lipinski definition) is 3. The van der Waals surface area contributed by atoms with Crippen molar-refractivity contribution < 1.29 is 9.90 Å². The molecule has 102 valence electrons. The van der Waals surface area contributed by atoms with E-state index < -0.39 is 11.6 Å². The number of terminal acetylenes is 1. The van der Waals surface area contributed by atoms with Crippen molar-refractivity contribution in [2.75, 3.05) is 6.54 Å². The van der Waals surface area contributed by atoms with Crippen LogP contribution in [0.15, 0.2) is 0 Å². The first-order valence-corrected chi connectivity index (χ1v) is 6.70. The smallest absolute Gasteiger partial charge is 0.238 e. The number of rotatable bonds is 5. The van der Waals surface area contributed by atoms with Crippen molar-refractivity contribution in [1.29, 1.82) is 0 Å². The Kier molecular flexibility index (Phi) is 5.64. The van der Waals surface area contributed by atoms with Gasteiger partial charge in [0.25, 0.3) is 0 Å². The van der Waals surface area contributed by atoms with Crippen LogP contribution in [0, 0.1) is 18.3 Å². The standard InChI is InChI=1S/C14H24N2O2/c1-3-5-12(15)13(17)16-10-14(18)8-6-11(4-2)7-9-14/h1,11-12,18H,4-10,15H2,2H3,(H,16,17). The number of aliphatic hydroxyl groups is 1. The van der Waals surface area contributed by atoms with Gasteiger partial charge >= 0.3 is 0 Å². The lowest BCUT2D eigenvalue weighted by molar-refractivity contribution is -0.124. The second kappa shape index (κ2) is 6.77. The van der Waals surface area contributed by atoms with Crippen molar-refractivity contribution in [3.8, 4) is 12.3 Å². The van der Waals surface area contributed by atoms with Gasteiger partial charge in [-0.2, -0.15) is 0 Å². The summed E-state index contributed by atoms with van der Waals surface area (Å²) in [5, 5.41) is 13.1. The molecule has 0 heterocycles. The minimum absolute atomic E-state index is 0.224. The largest absolute Gasteiger partial charge is 0.388 e. The molecule has 1 saturated carbocycles. The van der Waals surface area contributed by atoms with Gasteiger partial charge in [-0.05, 0) is 31.6 Å². The van der Waals surface area contributed by atoms with Crippen LogP contribution in [-0.4, -0.2) is 29.2 Å². The summed E-state index contributed by atoms with van der Waals surface area (Å²) in [6.45, 7) is 2.45. The Bertz CT molecular complexity index is 314. The van der Waals surface area contributed by atoms with Gasteiger partial charge < -0.3 is 16.2 Å². The van der Waals surface area contributed by atoms with Crippen LogP contribution in [0.2, 0.25) is 0 Å². The molecule has 1 amide bonds. The van der Waals surface area contributed by atoms with Crippen molar-refractivity contribution in [1.82, 2.24) is 5.32 Å². The highest BCUT2D eigenvalue weighted by Crippen LogP contribution is 2.33. The maximum Gasteiger partial charge on any atom is 0.238 e. The number of amides is 1. The summed E-state index contributed by atoms with van der Waals surface area (Å²) in [6.07, 6.45) is 10.0. The third-order valence-electron chi connectivity index (χ3n) is 3.88. The van der Waals surface area contributed by atoms with E-state index in [0.717, 1.165) is 32.1 Å². The van der Waals surface area contributed by atoms with E-state index in [1.807, 2.05) is 0 Å². The van der Waals surface area contributed by atoms with Crippen LogP contribution < -0.4 is 11.1 Å². The molecular weight excluding hydrogens is 228 g/mol. The number of carbonyl (C=O) groups is 1. The predicted molar refractivity (Wildman–Crippen MR) is 71.6 cm³/mol. The van der Waals surface area contributed by atoms with Gasteiger partial charge in [-0.1, -0.05) is 13.3 Å². The highest BCUT2D eigenvalue weighted by Gasteiger charge is 2.33. The molecule has 18 heavy (non-hydrogen) atoms. The first-order valence-electron chi connectivity index (χ1n) is 6.70. The van der Waals surface area contributed by atoms with Crippen LogP contribution in [0.5, 0.6) is 0 Å². The molecule has 0 bridgehead atoms. The first kappa shape index (κ1) is 15.0. The minimum atomic E-state index is -0.767. The summed E-state index contributed by atoms with van der Waals surface area (Å²) in [6, 6.07) is -0.675. The van der Waals surface area contributed by atoms with E-state index in [9.17, 15) is 9.90 Å². The van der Waals surface area contributed by atoms with E-state index in [2.05, 4.69) is 18.2 Å². The summed E-state index contributed by atoms with van der Waals surface area (Å²) in [7, 11) is 0. The molecule has 1 atom stereocenters. The molecule has 1 aliphatic rings. The van der Waals surface area contributed by atoms with Gasteiger partial charge in [0.2, 0.25) is 5.91 Å². The van der Waals surface area contributed by atoms with Gasteiger partial charge in [0, 0.05) is 13.0 Å². The number of carbonyl (C=O) groups excluding carboxylic acids is 1. The van der Waals surface area contributed by atoms with Crippen molar-refractivity contribution in [2.45, 2.75) is 57.1 Å². The number of nitrogens with one attached hydrogen (secondary N) is 1. The molecule has 1 unspecified atom stereocenters. The van der Waals surface area contributed by atoms with Crippen LogP contribution >= 0.6 is 0 Å². The molecule has 4 nitrogen and oxygen atoms in total. The number of hydrogen-bond acceptors (Lipinski definition) is 3. The predicted octanol–water partition coefficient (Wildman–Crippen LogP) is 0.784. The van der Waals surface area contributed by atoms with Gasteiger partial charge in [-0.25, -0.2) is 0 Å². The molecule has 0 spiro atoms. The summed E-state index contributed by atoms with van der Waals surface area (Å²) < 4.78 is 0. The SMILES string of the molecule is C#CCC(N)C(=O)NCC1(O)CCC(CC)CC1. The topological polar surface area (TPSA) is 75.4 Å². The lowest BCUT2D eigenvalue weighted by Crippen LogP contribution is -2.49. The Morgan fingerprint density at radius 1 is 1.61 bits per heavy atom. The highest BCUT2D eigenvalue weighted by molar-refractivity contribution is 5.81. The van der Waals surface area contributed by atoms with Crippen LogP contribution in [0.4, 0.5) is 0 Å². The molecule has 0 aliphatic heterocycles. The van der Waals surface area contributed by atoms with E-state index in [-0.39, 0.29) is 18.9 Å².